The van der Waals surface area contributed by atoms with Crippen molar-refractivity contribution in [2.45, 2.75) is 12.1 Å². The van der Waals surface area contributed by atoms with E-state index in [0.717, 1.165) is 11.8 Å². The fourth-order valence-electron chi connectivity index (χ4n) is 1.87. The third kappa shape index (κ3) is 3.13. The number of hydrogen-bond acceptors (Lipinski definition) is 8. The third-order valence-electron chi connectivity index (χ3n) is 2.97. The summed E-state index contributed by atoms with van der Waals surface area (Å²) in [6.45, 7) is 1.58. The van der Waals surface area contributed by atoms with E-state index < -0.39 is 4.92 Å². The Morgan fingerprint density at radius 2 is 2.35 bits per heavy atom. The summed E-state index contributed by atoms with van der Waals surface area (Å²) in [5, 5.41) is 25.1. The standard InChI is InChI=1S/C12H10N6O4S/c1-7-8(3-2-4-9(7)18(20)21)14-10(19)5-23-12-16-17-6-13-15-11(17)22-12/h2-4,6H,5H2,1H3,(H,14,19). The van der Waals surface area contributed by atoms with Crippen LogP contribution in [0, 0.1) is 17.0 Å². The molecule has 1 aromatic carbocycles. The molecular weight excluding hydrogens is 324 g/mol. The van der Waals surface area contributed by atoms with E-state index in [4.69, 9.17) is 4.42 Å². The van der Waals surface area contributed by atoms with Crippen molar-refractivity contribution in [1.82, 2.24) is 19.8 Å². The molecule has 3 aromatic rings. The van der Waals surface area contributed by atoms with Gasteiger partial charge in [-0.05, 0) is 13.0 Å². The van der Waals surface area contributed by atoms with Crippen LogP contribution in [0.25, 0.3) is 5.84 Å². The van der Waals surface area contributed by atoms with Gasteiger partial charge in [-0.15, -0.1) is 10.2 Å². The van der Waals surface area contributed by atoms with E-state index in [-0.39, 0.29) is 28.4 Å². The number of fused-ring (bicyclic) bond motifs is 1. The van der Waals surface area contributed by atoms with Crippen LogP contribution in [0.4, 0.5) is 11.4 Å². The van der Waals surface area contributed by atoms with E-state index in [1.54, 1.807) is 13.0 Å². The Bertz CT molecular complexity index is 860. The summed E-state index contributed by atoms with van der Waals surface area (Å²) in [4.78, 5) is 22.4. The minimum Gasteiger partial charge on any atom is -0.396 e. The van der Waals surface area contributed by atoms with Gasteiger partial charge in [0.2, 0.25) is 5.91 Å². The number of amides is 1. The van der Waals surface area contributed by atoms with Crippen LogP contribution in [-0.4, -0.2) is 36.4 Å². The molecule has 1 amide bonds. The monoisotopic (exact) mass is 334 g/mol. The third-order valence-corrected chi connectivity index (χ3v) is 3.79. The molecule has 0 aliphatic carbocycles. The molecule has 2 heterocycles. The Morgan fingerprint density at radius 1 is 1.52 bits per heavy atom. The molecule has 11 heteroatoms. The first-order valence-electron chi connectivity index (χ1n) is 6.38. The topological polar surface area (TPSA) is 128 Å². The van der Waals surface area contributed by atoms with E-state index >= 15 is 0 Å². The molecule has 10 nitrogen and oxygen atoms in total. The van der Waals surface area contributed by atoms with Gasteiger partial charge in [-0.3, -0.25) is 14.9 Å². The van der Waals surface area contributed by atoms with Crippen LogP contribution in [0.3, 0.4) is 0 Å². The zero-order valence-electron chi connectivity index (χ0n) is 11.8. The number of nitro groups is 1. The van der Waals surface area contributed by atoms with Crippen molar-refractivity contribution in [2.75, 3.05) is 11.1 Å². The predicted molar refractivity (Wildman–Crippen MR) is 80.2 cm³/mol. The fraction of sp³-hybridized carbons (Fsp3) is 0.167. The normalized spacial score (nSPS) is 10.8. The van der Waals surface area contributed by atoms with Crippen LogP contribution >= 0.6 is 11.8 Å². The second-order valence-electron chi connectivity index (χ2n) is 4.47. The highest BCUT2D eigenvalue weighted by atomic mass is 32.2. The van der Waals surface area contributed by atoms with Gasteiger partial charge in [0.05, 0.1) is 21.9 Å². The molecule has 0 unspecified atom stereocenters. The van der Waals surface area contributed by atoms with Gasteiger partial charge in [0, 0.05) is 6.07 Å². The first kappa shape index (κ1) is 15.0. The number of nitrogens with one attached hydrogen (secondary N) is 1. The van der Waals surface area contributed by atoms with E-state index in [2.05, 4.69) is 20.6 Å². The number of benzene rings is 1. The molecule has 0 atom stereocenters. The van der Waals surface area contributed by atoms with Gasteiger partial charge in [-0.1, -0.05) is 22.9 Å². The second kappa shape index (κ2) is 6.04. The lowest BCUT2D eigenvalue weighted by molar-refractivity contribution is -0.385. The van der Waals surface area contributed by atoms with Crippen LogP contribution in [0.2, 0.25) is 0 Å². The zero-order valence-corrected chi connectivity index (χ0v) is 12.6. The summed E-state index contributed by atoms with van der Waals surface area (Å²) in [6.07, 6.45) is 1.38. The Morgan fingerprint density at radius 3 is 3.09 bits per heavy atom. The molecule has 0 saturated heterocycles. The predicted octanol–water partition coefficient (Wildman–Crippen LogP) is 1.66. The minimum absolute atomic E-state index is 0.0409. The molecule has 0 fully saturated rings. The van der Waals surface area contributed by atoms with Crippen molar-refractivity contribution in [2.24, 2.45) is 0 Å². The molecule has 2 aromatic heterocycles. The van der Waals surface area contributed by atoms with Crippen molar-refractivity contribution in [3.63, 3.8) is 0 Å². The lowest BCUT2D eigenvalue weighted by Crippen LogP contribution is -2.15. The Kier molecular flexibility index (Phi) is 3.93. The Balaban J connectivity index is 1.64. The number of nitrogens with zero attached hydrogens (tertiary/aromatic N) is 5. The van der Waals surface area contributed by atoms with Crippen LogP contribution in [-0.2, 0) is 4.79 Å². The number of aromatic nitrogens is 4. The molecule has 0 radical (unpaired) electrons. The molecule has 0 saturated carbocycles. The van der Waals surface area contributed by atoms with Gasteiger partial charge < -0.3 is 9.73 Å². The Hall–Kier alpha value is -2.95. The molecule has 118 valence electrons. The summed E-state index contributed by atoms with van der Waals surface area (Å²) in [6, 6.07) is 4.51. The number of hydrogen-bond donors (Lipinski definition) is 1. The minimum atomic E-state index is -0.490. The quantitative estimate of drug-likeness (QED) is 0.424. The van der Waals surface area contributed by atoms with Gasteiger partial charge in [0.15, 0.2) is 0 Å². The number of carbonyl (C=O) groups excluding carboxylic acids is 1. The van der Waals surface area contributed by atoms with Crippen molar-refractivity contribution < 1.29 is 14.1 Å². The largest absolute Gasteiger partial charge is 0.396 e. The average molecular weight is 334 g/mol. The highest BCUT2D eigenvalue weighted by Gasteiger charge is 2.16. The van der Waals surface area contributed by atoms with Gasteiger partial charge in [0.25, 0.3) is 10.9 Å². The summed E-state index contributed by atoms with van der Waals surface area (Å²) in [5.74, 6) is -0.0471. The average Bonchev–Trinajstić information content (AvgIpc) is 3.08. The first-order chi connectivity index (χ1) is 11.0. The van der Waals surface area contributed by atoms with Gasteiger partial charge >= 0.3 is 5.84 Å². The highest BCUT2D eigenvalue weighted by molar-refractivity contribution is 7.99. The van der Waals surface area contributed by atoms with Crippen LogP contribution < -0.4 is 5.32 Å². The SMILES string of the molecule is Cc1c(NC(=O)CSc2nn3cnnc3o2)cccc1[N+](=O)[O-]. The summed E-state index contributed by atoms with van der Waals surface area (Å²) >= 11 is 1.08. The maximum atomic E-state index is 12.0. The smallest absolute Gasteiger partial charge is 0.345 e. The maximum absolute atomic E-state index is 12.0. The van der Waals surface area contributed by atoms with Crippen LogP contribution in [0.1, 0.15) is 5.56 Å². The molecule has 0 spiro atoms. The molecule has 0 aliphatic rings. The number of thioether (sulfide) groups is 1. The number of carbonyl (C=O) groups is 1. The van der Waals surface area contributed by atoms with E-state index in [0.29, 0.717) is 11.3 Å². The van der Waals surface area contributed by atoms with E-state index in [9.17, 15) is 14.9 Å². The summed E-state index contributed by atoms with van der Waals surface area (Å²) in [7, 11) is 0. The number of anilines is 1. The maximum Gasteiger partial charge on any atom is 0.345 e. The molecule has 3 rings (SSSR count). The van der Waals surface area contributed by atoms with Gasteiger partial charge in [-0.25, -0.2) is 0 Å². The second-order valence-corrected chi connectivity index (χ2v) is 5.40. The van der Waals surface area contributed by atoms with Crippen molar-refractivity contribution in [1.29, 1.82) is 0 Å². The lowest BCUT2D eigenvalue weighted by atomic mass is 10.1. The number of nitro benzene ring substituents is 1. The molecule has 23 heavy (non-hydrogen) atoms. The van der Waals surface area contributed by atoms with E-state index in [1.165, 1.54) is 23.0 Å². The van der Waals surface area contributed by atoms with Crippen LogP contribution in [0.5, 0.6) is 0 Å². The molecular formula is C12H10N6O4S. The molecule has 0 aliphatic heterocycles. The van der Waals surface area contributed by atoms with Crippen molar-refractivity contribution in [3.8, 4) is 0 Å². The van der Waals surface area contributed by atoms with Crippen LogP contribution in [0.15, 0.2) is 34.2 Å². The van der Waals surface area contributed by atoms with Gasteiger partial charge in [-0.2, -0.15) is 4.52 Å². The molecule has 0 bridgehead atoms. The first-order valence-corrected chi connectivity index (χ1v) is 7.36. The Labute approximate surface area is 133 Å². The fourth-order valence-corrected chi connectivity index (χ4v) is 2.48. The van der Waals surface area contributed by atoms with E-state index in [1.807, 2.05) is 0 Å². The summed E-state index contributed by atoms with van der Waals surface area (Å²) < 4.78 is 6.61. The van der Waals surface area contributed by atoms with Crippen molar-refractivity contribution in [3.05, 3.63) is 40.2 Å². The zero-order chi connectivity index (χ0) is 16.4. The van der Waals surface area contributed by atoms with Crippen molar-refractivity contribution >= 4 is 34.9 Å². The van der Waals surface area contributed by atoms with Gasteiger partial charge in [0.1, 0.15) is 6.33 Å². The lowest BCUT2D eigenvalue weighted by Gasteiger charge is -2.07. The molecule has 1 N–H and O–H groups in total. The highest BCUT2D eigenvalue weighted by Crippen LogP contribution is 2.25. The summed E-state index contributed by atoms with van der Waals surface area (Å²) in [5.41, 5.74) is 0.754. The number of rotatable bonds is 5.